The fourth-order valence-corrected chi connectivity index (χ4v) is 6.58. The zero-order chi connectivity index (χ0) is 25.8. The number of piperidine rings is 2. The fraction of sp³-hybridized carbons (Fsp3) is 0.621. The van der Waals surface area contributed by atoms with Gasteiger partial charge in [0, 0.05) is 44.2 Å². The Morgan fingerprint density at radius 3 is 2.05 bits per heavy atom. The molecule has 2 saturated heterocycles. The van der Waals surface area contributed by atoms with Gasteiger partial charge in [0.2, 0.25) is 5.95 Å². The molecule has 3 heterocycles. The van der Waals surface area contributed by atoms with E-state index in [1.165, 1.54) is 44.1 Å². The molecule has 3 fully saturated rings. The number of aromatic nitrogens is 2. The van der Waals surface area contributed by atoms with E-state index in [1.807, 2.05) is 12.1 Å². The molecule has 2 atom stereocenters. The van der Waals surface area contributed by atoms with Crippen molar-refractivity contribution in [3.63, 3.8) is 0 Å². The van der Waals surface area contributed by atoms with Gasteiger partial charge in [-0.1, -0.05) is 38.8 Å². The Morgan fingerprint density at radius 1 is 0.946 bits per heavy atom. The summed E-state index contributed by atoms with van der Waals surface area (Å²) in [6.45, 7) is 9.45. The molecule has 8 heteroatoms. The standard InChI is InChI=1S/C29H41FN6S/c1-21-7-5-15-35(18-21)25-17-26(36-16-6-8-22(2)19-36)33-27(32-25)34-28(37)31-20-29(13-3-4-14-29)23-9-11-24(30)12-10-23/h9-12,17,21-22H,3-8,13-16,18-20H2,1-2H3,(H2,31,32,33,34,37). The summed E-state index contributed by atoms with van der Waals surface area (Å²) >= 11 is 5.74. The van der Waals surface area contributed by atoms with Crippen molar-refractivity contribution in [1.82, 2.24) is 15.3 Å². The molecule has 0 bridgehead atoms. The highest BCUT2D eigenvalue weighted by molar-refractivity contribution is 7.80. The molecule has 0 amide bonds. The van der Waals surface area contributed by atoms with E-state index >= 15 is 0 Å². The normalized spacial score (nSPS) is 23.6. The van der Waals surface area contributed by atoms with Crippen molar-refractivity contribution < 1.29 is 4.39 Å². The minimum absolute atomic E-state index is 0.0266. The predicted octanol–water partition coefficient (Wildman–Crippen LogP) is 5.89. The minimum Gasteiger partial charge on any atom is -0.361 e. The van der Waals surface area contributed by atoms with Crippen LogP contribution in [0.5, 0.6) is 0 Å². The van der Waals surface area contributed by atoms with Gasteiger partial charge in [-0.25, -0.2) is 4.39 Å². The van der Waals surface area contributed by atoms with Crippen LogP contribution in [0.4, 0.5) is 22.0 Å². The average Bonchev–Trinajstić information content (AvgIpc) is 3.38. The van der Waals surface area contributed by atoms with E-state index in [2.05, 4.69) is 40.3 Å². The number of hydrogen-bond acceptors (Lipinski definition) is 5. The van der Waals surface area contributed by atoms with Gasteiger partial charge in [0.1, 0.15) is 17.5 Å². The average molecular weight is 525 g/mol. The molecule has 200 valence electrons. The van der Waals surface area contributed by atoms with E-state index in [-0.39, 0.29) is 11.2 Å². The molecule has 37 heavy (non-hydrogen) atoms. The number of hydrogen-bond donors (Lipinski definition) is 2. The van der Waals surface area contributed by atoms with Crippen LogP contribution in [0.25, 0.3) is 0 Å². The number of rotatable bonds is 6. The van der Waals surface area contributed by atoms with Crippen LogP contribution < -0.4 is 20.4 Å². The molecule has 1 saturated carbocycles. The zero-order valence-electron chi connectivity index (χ0n) is 22.3. The van der Waals surface area contributed by atoms with Gasteiger partial charge in [0.05, 0.1) is 0 Å². The van der Waals surface area contributed by atoms with Crippen molar-refractivity contribution >= 4 is 34.9 Å². The van der Waals surface area contributed by atoms with Crippen LogP contribution in [0.3, 0.4) is 0 Å². The Kier molecular flexibility index (Phi) is 8.12. The molecule has 6 nitrogen and oxygen atoms in total. The van der Waals surface area contributed by atoms with Gasteiger partial charge in [-0.3, -0.25) is 0 Å². The third kappa shape index (κ3) is 6.33. The van der Waals surface area contributed by atoms with Crippen LogP contribution in [0, 0.1) is 17.7 Å². The Bertz CT molecular complexity index is 1030. The Balaban J connectivity index is 1.32. The van der Waals surface area contributed by atoms with Crippen molar-refractivity contribution in [2.45, 2.75) is 70.6 Å². The van der Waals surface area contributed by atoms with E-state index in [0.717, 1.165) is 50.7 Å². The number of benzene rings is 1. The molecular weight excluding hydrogens is 483 g/mol. The summed E-state index contributed by atoms with van der Waals surface area (Å²) in [6.07, 6.45) is 9.42. The molecule has 2 aliphatic heterocycles. The first-order valence-corrected chi connectivity index (χ1v) is 14.5. The first kappa shape index (κ1) is 26.1. The fourth-order valence-electron chi connectivity index (χ4n) is 6.41. The van der Waals surface area contributed by atoms with Crippen molar-refractivity contribution in [2.24, 2.45) is 11.8 Å². The summed E-state index contributed by atoms with van der Waals surface area (Å²) < 4.78 is 13.6. The molecule has 1 aliphatic carbocycles. The first-order valence-electron chi connectivity index (χ1n) is 14.1. The van der Waals surface area contributed by atoms with E-state index in [4.69, 9.17) is 22.2 Å². The van der Waals surface area contributed by atoms with Crippen molar-refractivity contribution in [3.05, 3.63) is 41.7 Å². The SMILES string of the molecule is CC1CCCN(c2cc(N3CCCC(C)C3)nc(NC(=S)NCC3(c4ccc(F)cc4)CCCC3)n2)C1. The lowest BCUT2D eigenvalue weighted by atomic mass is 9.79. The lowest BCUT2D eigenvalue weighted by Gasteiger charge is -2.35. The van der Waals surface area contributed by atoms with Crippen LogP contribution in [0.15, 0.2) is 30.3 Å². The van der Waals surface area contributed by atoms with Crippen LogP contribution >= 0.6 is 12.2 Å². The zero-order valence-corrected chi connectivity index (χ0v) is 23.1. The second kappa shape index (κ2) is 11.5. The molecule has 2 aromatic rings. The highest BCUT2D eigenvalue weighted by atomic mass is 32.1. The largest absolute Gasteiger partial charge is 0.361 e. The van der Waals surface area contributed by atoms with E-state index < -0.39 is 0 Å². The molecule has 5 rings (SSSR count). The number of nitrogens with one attached hydrogen (secondary N) is 2. The van der Waals surface area contributed by atoms with Gasteiger partial charge in [-0.15, -0.1) is 0 Å². The molecule has 2 N–H and O–H groups in total. The molecule has 0 spiro atoms. The second-order valence-electron chi connectivity index (χ2n) is 11.6. The van der Waals surface area contributed by atoms with Crippen LogP contribution in [0.2, 0.25) is 0 Å². The third-order valence-electron chi connectivity index (χ3n) is 8.49. The number of thiocarbonyl (C=S) groups is 1. The summed E-state index contributed by atoms with van der Waals surface area (Å²) in [5, 5.41) is 7.31. The summed E-state index contributed by atoms with van der Waals surface area (Å²) in [5.74, 6) is 3.66. The van der Waals surface area contributed by atoms with Crippen molar-refractivity contribution in [2.75, 3.05) is 47.8 Å². The maximum atomic E-state index is 13.6. The molecular formula is C29H41FN6S. The van der Waals surface area contributed by atoms with Crippen molar-refractivity contribution in [1.29, 1.82) is 0 Å². The maximum absolute atomic E-state index is 13.6. The van der Waals surface area contributed by atoms with Gasteiger partial charge in [-0.2, -0.15) is 9.97 Å². The van der Waals surface area contributed by atoms with Crippen LogP contribution in [-0.2, 0) is 5.41 Å². The second-order valence-corrected chi connectivity index (χ2v) is 12.0. The Hall–Kier alpha value is -2.48. The summed E-state index contributed by atoms with van der Waals surface area (Å²) in [6, 6.07) is 9.15. The Morgan fingerprint density at radius 2 is 1.51 bits per heavy atom. The van der Waals surface area contributed by atoms with Gasteiger partial charge >= 0.3 is 0 Å². The van der Waals surface area contributed by atoms with Gasteiger partial charge < -0.3 is 20.4 Å². The lowest BCUT2D eigenvalue weighted by molar-refractivity contribution is 0.434. The molecule has 1 aromatic heterocycles. The van der Waals surface area contributed by atoms with E-state index in [0.29, 0.717) is 29.4 Å². The quantitative estimate of drug-likeness (QED) is 0.457. The number of halogens is 1. The topological polar surface area (TPSA) is 56.3 Å². The summed E-state index contributed by atoms with van der Waals surface area (Å²) in [5.41, 5.74) is 1.15. The number of nitrogens with zero attached hydrogens (tertiary/aromatic N) is 4. The smallest absolute Gasteiger partial charge is 0.232 e. The third-order valence-corrected chi connectivity index (χ3v) is 8.74. The minimum atomic E-state index is -0.193. The first-order chi connectivity index (χ1) is 17.9. The van der Waals surface area contributed by atoms with Gasteiger partial charge in [-0.05, 0) is 80.3 Å². The Labute approximate surface area is 226 Å². The van der Waals surface area contributed by atoms with E-state index in [1.54, 1.807) is 12.1 Å². The summed E-state index contributed by atoms with van der Waals surface area (Å²) in [4.78, 5) is 14.6. The van der Waals surface area contributed by atoms with Gasteiger partial charge in [0.25, 0.3) is 0 Å². The van der Waals surface area contributed by atoms with Crippen LogP contribution in [-0.4, -0.2) is 47.8 Å². The summed E-state index contributed by atoms with van der Waals surface area (Å²) in [7, 11) is 0. The molecule has 0 radical (unpaired) electrons. The molecule has 3 aliphatic rings. The highest BCUT2D eigenvalue weighted by Crippen LogP contribution is 2.40. The monoisotopic (exact) mass is 524 g/mol. The lowest BCUT2D eigenvalue weighted by Crippen LogP contribution is -2.41. The predicted molar refractivity (Wildman–Crippen MR) is 154 cm³/mol. The maximum Gasteiger partial charge on any atom is 0.232 e. The van der Waals surface area contributed by atoms with E-state index in [9.17, 15) is 4.39 Å². The van der Waals surface area contributed by atoms with Crippen molar-refractivity contribution in [3.8, 4) is 0 Å². The van der Waals surface area contributed by atoms with Crippen LogP contribution in [0.1, 0.15) is 70.8 Å². The molecule has 1 aromatic carbocycles. The number of anilines is 3. The highest BCUT2D eigenvalue weighted by Gasteiger charge is 2.35. The van der Waals surface area contributed by atoms with Gasteiger partial charge in [0.15, 0.2) is 5.11 Å². The molecule has 2 unspecified atom stereocenters.